The Bertz CT molecular complexity index is 3820. The number of rotatable bonds is 7. The van der Waals surface area contributed by atoms with E-state index in [0.29, 0.717) is 5.82 Å². The first-order valence-corrected chi connectivity index (χ1v) is 23.9. The van der Waals surface area contributed by atoms with Gasteiger partial charge in [-0.25, -0.2) is 9.97 Å². The van der Waals surface area contributed by atoms with Crippen LogP contribution in [0.25, 0.3) is 122 Å². The van der Waals surface area contributed by atoms with Gasteiger partial charge in [-0.2, -0.15) is 0 Å². The summed E-state index contributed by atoms with van der Waals surface area (Å²) in [7, 11) is 0. The molecule has 2 nitrogen and oxygen atoms in total. The van der Waals surface area contributed by atoms with Crippen molar-refractivity contribution < 1.29 is 0 Å². The van der Waals surface area contributed by atoms with Gasteiger partial charge in [-0.15, -0.1) is 0 Å². The lowest BCUT2D eigenvalue weighted by molar-refractivity contribution is 0.661. The SMILES string of the molecule is CC1(C)c2cc3ccccc3cc2-c2c(-c3ccccc3-c3c4ccccc4c(-c4nc(-c5ccccc5-c5ccccc5)cc(-c5ccccc5-c5ccccc5)n4)c4ccccc34)cccc21. The minimum Gasteiger partial charge on any atom is -0.228 e. The van der Waals surface area contributed by atoms with Crippen molar-refractivity contribution in [3.63, 3.8) is 0 Å². The summed E-state index contributed by atoms with van der Waals surface area (Å²) in [4.78, 5) is 11.3. The number of hydrogen-bond donors (Lipinski definition) is 0. The number of aromatic nitrogens is 2. The minimum atomic E-state index is -0.155. The first-order valence-electron chi connectivity index (χ1n) is 23.9. The molecule has 1 aliphatic rings. The number of benzene rings is 11. The third kappa shape index (κ3) is 6.63. The van der Waals surface area contributed by atoms with Gasteiger partial charge in [0.1, 0.15) is 0 Å². The van der Waals surface area contributed by atoms with Crippen LogP contribution in [0.15, 0.2) is 243 Å². The Morgan fingerprint density at radius 1 is 0.275 bits per heavy atom. The molecule has 324 valence electrons. The summed E-state index contributed by atoms with van der Waals surface area (Å²) in [6.45, 7) is 4.76. The van der Waals surface area contributed by atoms with Crippen molar-refractivity contribution >= 4 is 32.3 Å². The highest BCUT2D eigenvalue weighted by atomic mass is 14.9. The maximum absolute atomic E-state index is 5.64. The quantitative estimate of drug-likeness (QED) is 0.149. The maximum Gasteiger partial charge on any atom is 0.161 e. The van der Waals surface area contributed by atoms with Crippen LogP contribution in [0.5, 0.6) is 0 Å². The molecule has 0 unspecified atom stereocenters. The van der Waals surface area contributed by atoms with Gasteiger partial charge in [-0.05, 0) is 117 Å². The molecular formula is C67H46N2. The van der Waals surface area contributed by atoms with Crippen LogP contribution in [0.4, 0.5) is 0 Å². The van der Waals surface area contributed by atoms with E-state index >= 15 is 0 Å². The second-order valence-corrected chi connectivity index (χ2v) is 18.8. The van der Waals surface area contributed by atoms with Gasteiger partial charge in [0, 0.05) is 22.1 Å². The molecule has 2 heteroatoms. The normalized spacial score (nSPS) is 12.6. The molecule has 0 N–H and O–H groups in total. The van der Waals surface area contributed by atoms with Crippen LogP contribution in [-0.2, 0) is 5.41 Å². The van der Waals surface area contributed by atoms with Crippen molar-refractivity contribution in [2.75, 3.05) is 0 Å². The van der Waals surface area contributed by atoms with Crippen molar-refractivity contribution in [2.24, 2.45) is 0 Å². The Morgan fingerprint density at radius 3 is 1.25 bits per heavy atom. The molecule has 69 heavy (non-hydrogen) atoms. The first kappa shape index (κ1) is 40.5. The molecule has 1 aromatic heterocycles. The van der Waals surface area contributed by atoms with Crippen LogP contribution in [0.2, 0.25) is 0 Å². The van der Waals surface area contributed by atoms with Crippen molar-refractivity contribution in [3.05, 3.63) is 254 Å². The molecule has 13 rings (SSSR count). The average Bonchev–Trinajstić information content (AvgIpc) is 3.64. The highest BCUT2D eigenvalue weighted by Gasteiger charge is 2.37. The summed E-state index contributed by atoms with van der Waals surface area (Å²) in [5, 5.41) is 7.06. The molecule has 1 heterocycles. The fourth-order valence-electron chi connectivity index (χ4n) is 11.3. The maximum atomic E-state index is 5.64. The van der Waals surface area contributed by atoms with Gasteiger partial charge in [0.2, 0.25) is 0 Å². The van der Waals surface area contributed by atoms with E-state index in [2.05, 4.69) is 257 Å². The molecule has 0 saturated carbocycles. The zero-order valence-corrected chi connectivity index (χ0v) is 38.5. The van der Waals surface area contributed by atoms with E-state index in [1.165, 1.54) is 55.3 Å². The molecule has 12 aromatic rings. The molecule has 0 saturated heterocycles. The molecule has 0 bridgehead atoms. The topological polar surface area (TPSA) is 25.8 Å². The van der Waals surface area contributed by atoms with E-state index in [9.17, 15) is 0 Å². The third-order valence-electron chi connectivity index (χ3n) is 14.5. The summed E-state index contributed by atoms with van der Waals surface area (Å²) >= 11 is 0. The lowest BCUT2D eigenvalue weighted by atomic mass is 9.81. The van der Waals surface area contributed by atoms with E-state index in [4.69, 9.17) is 9.97 Å². The van der Waals surface area contributed by atoms with Gasteiger partial charge in [-0.1, -0.05) is 238 Å². The Hall–Kier alpha value is -8.72. The molecule has 0 radical (unpaired) electrons. The Morgan fingerprint density at radius 2 is 0.696 bits per heavy atom. The average molecular weight is 879 g/mol. The van der Waals surface area contributed by atoms with Crippen LogP contribution in [-0.4, -0.2) is 9.97 Å². The zero-order chi connectivity index (χ0) is 46.1. The van der Waals surface area contributed by atoms with Gasteiger partial charge < -0.3 is 0 Å². The van der Waals surface area contributed by atoms with Crippen LogP contribution < -0.4 is 0 Å². The van der Waals surface area contributed by atoms with E-state index in [-0.39, 0.29) is 5.41 Å². The Balaban J connectivity index is 1.08. The van der Waals surface area contributed by atoms with Crippen LogP contribution in [0.1, 0.15) is 25.0 Å². The second-order valence-electron chi connectivity index (χ2n) is 18.8. The van der Waals surface area contributed by atoms with Crippen LogP contribution in [0.3, 0.4) is 0 Å². The van der Waals surface area contributed by atoms with Crippen molar-refractivity contribution in [1.82, 2.24) is 9.97 Å². The monoisotopic (exact) mass is 878 g/mol. The lowest BCUT2D eigenvalue weighted by Crippen LogP contribution is -2.14. The van der Waals surface area contributed by atoms with E-state index in [0.717, 1.165) is 71.9 Å². The molecule has 1 aliphatic carbocycles. The fourth-order valence-corrected chi connectivity index (χ4v) is 11.3. The summed E-state index contributed by atoms with van der Waals surface area (Å²) < 4.78 is 0. The molecule has 11 aromatic carbocycles. The van der Waals surface area contributed by atoms with Crippen LogP contribution >= 0.6 is 0 Å². The van der Waals surface area contributed by atoms with Crippen LogP contribution in [0, 0.1) is 0 Å². The smallest absolute Gasteiger partial charge is 0.161 e. The number of hydrogen-bond acceptors (Lipinski definition) is 2. The standard InChI is InChI=1S/C67H46N2/c1-67(2)59-39-21-38-53(64(59)58-40-45-26-9-10-27-46(45)41-60(58)67)49-30-13-16-33-52(49)63-54-34-17-19-36-56(54)65(57-37-20-18-35-55(57)63)66-68-61(50-31-14-11-28-47(50)43-22-5-3-6-23-43)42-62(69-66)51-32-15-12-29-48(51)44-24-7-4-8-25-44/h3-42H,1-2H3. The molecule has 0 amide bonds. The number of fused-ring (bicyclic) bond motifs is 6. The van der Waals surface area contributed by atoms with E-state index in [1.54, 1.807) is 0 Å². The molecular weight excluding hydrogens is 833 g/mol. The van der Waals surface area contributed by atoms with Gasteiger partial charge in [0.25, 0.3) is 0 Å². The minimum absolute atomic E-state index is 0.155. The Labute approximate surface area is 402 Å². The summed E-state index contributed by atoms with van der Waals surface area (Å²) in [5.74, 6) is 0.687. The third-order valence-corrected chi connectivity index (χ3v) is 14.5. The molecule has 0 spiro atoms. The fraction of sp³-hybridized carbons (Fsp3) is 0.0448. The van der Waals surface area contributed by atoms with Gasteiger partial charge in [0.15, 0.2) is 5.82 Å². The number of nitrogens with zero attached hydrogens (tertiary/aromatic N) is 2. The van der Waals surface area contributed by atoms with E-state index < -0.39 is 0 Å². The van der Waals surface area contributed by atoms with Gasteiger partial charge in [0.05, 0.1) is 11.4 Å². The van der Waals surface area contributed by atoms with Crippen molar-refractivity contribution in [3.8, 4) is 89.5 Å². The molecule has 0 aliphatic heterocycles. The largest absolute Gasteiger partial charge is 0.228 e. The lowest BCUT2D eigenvalue weighted by Gasteiger charge is -2.23. The molecule has 0 fully saturated rings. The first-order chi connectivity index (χ1) is 34.0. The summed E-state index contributed by atoms with van der Waals surface area (Å²) in [6, 6.07) is 88.0. The van der Waals surface area contributed by atoms with Crippen molar-refractivity contribution in [1.29, 1.82) is 0 Å². The predicted molar refractivity (Wildman–Crippen MR) is 290 cm³/mol. The Kier molecular flexibility index (Phi) is 9.55. The van der Waals surface area contributed by atoms with Gasteiger partial charge >= 0.3 is 0 Å². The second kappa shape index (κ2) is 16.3. The van der Waals surface area contributed by atoms with Gasteiger partial charge in [-0.3, -0.25) is 0 Å². The summed E-state index contributed by atoms with van der Waals surface area (Å²) in [6.07, 6.45) is 0. The zero-order valence-electron chi connectivity index (χ0n) is 38.5. The van der Waals surface area contributed by atoms with Crippen molar-refractivity contribution in [2.45, 2.75) is 19.3 Å². The predicted octanol–water partition coefficient (Wildman–Crippen LogP) is 17.9. The van der Waals surface area contributed by atoms with E-state index in [1.807, 2.05) is 0 Å². The summed E-state index contributed by atoms with van der Waals surface area (Å²) in [5.41, 5.74) is 19.5. The molecule has 0 atom stereocenters. The highest BCUT2D eigenvalue weighted by Crippen LogP contribution is 2.55. The highest BCUT2D eigenvalue weighted by molar-refractivity contribution is 6.22.